The van der Waals surface area contributed by atoms with Crippen LogP contribution in [0.15, 0.2) is 0 Å². The monoisotopic (exact) mass is 270 g/mol. The van der Waals surface area contributed by atoms with Crippen molar-refractivity contribution in [2.75, 3.05) is 19.7 Å². The first-order chi connectivity index (χ1) is 8.77. The highest BCUT2D eigenvalue weighted by atomic mass is 16.5. The molecule has 0 aliphatic carbocycles. The zero-order valence-corrected chi connectivity index (χ0v) is 12.4. The molecule has 1 fully saturated rings. The highest BCUT2D eigenvalue weighted by molar-refractivity contribution is 5.98. The molecular formula is C14H26N2O3. The van der Waals surface area contributed by atoms with Gasteiger partial charge in [-0.25, -0.2) is 0 Å². The summed E-state index contributed by atoms with van der Waals surface area (Å²) in [6.45, 7) is 8.98. The van der Waals surface area contributed by atoms with E-state index in [9.17, 15) is 9.59 Å². The van der Waals surface area contributed by atoms with Gasteiger partial charge in [0.1, 0.15) is 5.92 Å². The van der Waals surface area contributed by atoms with Crippen LogP contribution in [0.2, 0.25) is 0 Å². The van der Waals surface area contributed by atoms with E-state index in [-0.39, 0.29) is 11.9 Å². The Morgan fingerprint density at radius 2 is 1.84 bits per heavy atom. The average Bonchev–Trinajstić information content (AvgIpc) is 2.28. The Labute approximate surface area is 115 Å². The Balaban J connectivity index is 2.80. The molecule has 1 aliphatic rings. The predicted molar refractivity (Wildman–Crippen MR) is 73.4 cm³/mol. The molecule has 1 aliphatic heterocycles. The van der Waals surface area contributed by atoms with E-state index in [4.69, 9.17) is 10.5 Å². The van der Waals surface area contributed by atoms with E-state index >= 15 is 0 Å². The Morgan fingerprint density at radius 3 is 2.26 bits per heavy atom. The largest absolute Gasteiger partial charge is 0.465 e. The molecule has 1 amide bonds. The van der Waals surface area contributed by atoms with Crippen molar-refractivity contribution in [1.82, 2.24) is 4.90 Å². The summed E-state index contributed by atoms with van der Waals surface area (Å²) in [5.74, 6) is -1.28. The number of esters is 1. The summed E-state index contributed by atoms with van der Waals surface area (Å²) in [5.41, 5.74) is 5.40. The summed E-state index contributed by atoms with van der Waals surface area (Å²) in [6.07, 6.45) is 1.59. The van der Waals surface area contributed by atoms with E-state index in [0.29, 0.717) is 19.7 Å². The van der Waals surface area contributed by atoms with Crippen LogP contribution in [0, 0.1) is 11.3 Å². The topological polar surface area (TPSA) is 72.6 Å². The van der Waals surface area contributed by atoms with E-state index in [0.717, 1.165) is 12.8 Å². The first-order valence-corrected chi connectivity index (χ1v) is 6.98. The van der Waals surface area contributed by atoms with E-state index in [1.165, 1.54) is 0 Å². The van der Waals surface area contributed by atoms with Crippen LogP contribution in [0.25, 0.3) is 0 Å². The van der Waals surface area contributed by atoms with E-state index in [1.807, 2.05) is 20.8 Å². The molecule has 1 saturated heterocycles. The molecule has 1 atom stereocenters. The molecule has 5 heteroatoms. The van der Waals surface area contributed by atoms with Crippen molar-refractivity contribution >= 4 is 11.9 Å². The minimum Gasteiger partial charge on any atom is -0.465 e. The number of likely N-dealkylation sites (tertiary alicyclic amines) is 1. The molecule has 0 aromatic carbocycles. The number of carbonyl (C=O) groups excluding carboxylic acids is 2. The van der Waals surface area contributed by atoms with Crippen molar-refractivity contribution in [1.29, 1.82) is 0 Å². The van der Waals surface area contributed by atoms with E-state index in [2.05, 4.69) is 0 Å². The fourth-order valence-electron chi connectivity index (χ4n) is 2.35. The lowest BCUT2D eigenvalue weighted by molar-refractivity contribution is -0.161. The van der Waals surface area contributed by atoms with Gasteiger partial charge >= 0.3 is 5.97 Å². The van der Waals surface area contributed by atoms with Crippen LogP contribution < -0.4 is 5.73 Å². The summed E-state index contributed by atoms with van der Waals surface area (Å²) >= 11 is 0. The van der Waals surface area contributed by atoms with Gasteiger partial charge in [-0.05, 0) is 25.2 Å². The maximum atomic E-state index is 12.6. The quantitative estimate of drug-likeness (QED) is 0.617. The zero-order chi connectivity index (χ0) is 14.6. The van der Waals surface area contributed by atoms with Crippen LogP contribution in [0.3, 0.4) is 0 Å². The fourth-order valence-corrected chi connectivity index (χ4v) is 2.35. The van der Waals surface area contributed by atoms with E-state index in [1.54, 1.807) is 11.8 Å². The third-order valence-electron chi connectivity index (χ3n) is 3.49. The molecule has 1 unspecified atom stereocenters. The highest BCUT2D eigenvalue weighted by Gasteiger charge is 2.41. The minimum atomic E-state index is -0.734. The van der Waals surface area contributed by atoms with Gasteiger partial charge in [-0.1, -0.05) is 20.8 Å². The highest BCUT2D eigenvalue weighted by Crippen LogP contribution is 2.29. The van der Waals surface area contributed by atoms with Gasteiger partial charge in [-0.2, -0.15) is 0 Å². The third-order valence-corrected chi connectivity index (χ3v) is 3.49. The molecule has 0 spiro atoms. The second-order valence-corrected chi connectivity index (χ2v) is 6.21. The van der Waals surface area contributed by atoms with Crippen molar-refractivity contribution in [2.24, 2.45) is 17.1 Å². The van der Waals surface area contributed by atoms with Gasteiger partial charge in [-0.3, -0.25) is 9.59 Å². The van der Waals surface area contributed by atoms with Gasteiger partial charge in [0.25, 0.3) is 0 Å². The second-order valence-electron chi connectivity index (χ2n) is 6.21. The SMILES string of the molecule is CCOC(=O)C(C(=O)N1CCC(N)CC1)C(C)(C)C. The van der Waals surface area contributed by atoms with Crippen LogP contribution in [-0.2, 0) is 14.3 Å². The molecule has 2 N–H and O–H groups in total. The lowest BCUT2D eigenvalue weighted by Crippen LogP contribution is -2.50. The molecule has 5 nitrogen and oxygen atoms in total. The molecule has 0 aromatic heterocycles. The van der Waals surface area contributed by atoms with Crippen molar-refractivity contribution in [3.05, 3.63) is 0 Å². The summed E-state index contributed by atoms with van der Waals surface area (Å²) in [5, 5.41) is 0. The van der Waals surface area contributed by atoms with Gasteiger partial charge < -0.3 is 15.4 Å². The average molecular weight is 270 g/mol. The number of nitrogens with zero attached hydrogens (tertiary/aromatic N) is 1. The van der Waals surface area contributed by atoms with Crippen LogP contribution in [-0.4, -0.2) is 42.5 Å². The van der Waals surface area contributed by atoms with Gasteiger partial charge in [0.2, 0.25) is 5.91 Å². The maximum absolute atomic E-state index is 12.6. The predicted octanol–water partition coefficient (Wildman–Crippen LogP) is 1.16. The first kappa shape index (κ1) is 16.0. The molecule has 0 radical (unpaired) electrons. The number of hydrogen-bond donors (Lipinski definition) is 1. The minimum absolute atomic E-state index is 0.127. The zero-order valence-electron chi connectivity index (χ0n) is 12.4. The number of ether oxygens (including phenoxy) is 1. The molecule has 110 valence electrons. The number of hydrogen-bond acceptors (Lipinski definition) is 4. The molecule has 1 rings (SSSR count). The standard InChI is InChI=1S/C14H26N2O3/c1-5-19-13(18)11(14(2,3)4)12(17)16-8-6-10(15)7-9-16/h10-11H,5-9,15H2,1-4H3. The lowest BCUT2D eigenvalue weighted by Gasteiger charge is -2.36. The first-order valence-electron chi connectivity index (χ1n) is 6.98. The molecule has 1 heterocycles. The fraction of sp³-hybridized carbons (Fsp3) is 0.857. The Morgan fingerprint density at radius 1 is 1.32 bits per heavy atom. The normalized spacial score (nSPS) is 19.1. The van der Waals surface area contributed by atoms with Gasteiger partial charge in [0.05, 0.1) is 6.61 Å². The summed E-state index contributed by atoms with van der Waals surface area (Å²) in [4.78, 5) is 26.3. The molecular weight excluding hydrogens is 244 g/mol. The van der Waals surface area contributed by atoms with Crippen LogP contribution >= 0.6 is 0 Å². The number of nitrogens with two attached hydrogens (primary N) is 1. The smallest absolute Gasteiger partial charge is 0.319 e. The van der Waals surface area contributed by atoms with Crippen LogP contribution in [0.5, 0.6) is 0 Å². The number of rotatable bonds is 3. The maximum Gasteiger partial charge on any atom is 0.319 e. The van der Waals surface area contributed by atoms with Crippen molar-refractivity contribution in [3.8, 4) is 0 Å². The van der Waals surface area contributed by atoms with E-state index < -0.39 is 17.3 Å². The Hall–Kier alpha value is -1.10. The van der Waals surface area contributed by atoms with Crippen molar-refractivity contribution < 1.29 is 14.3 Å². The van der Waals surface area contributed by atoms with Gasteiger partial charge in [-0.15, -0.1) is 0 Å². The summed E-state index contributed by atoms with van der Waals surface area (Å²) in [6, 6.07) is 0.166. The van der Waals surface area contributed by atoms with Gasteiger partial charge in [0.15, 0.2) is 0 Å². The number of piperidine rings is 1. The summed E-state index contributed by atoms with van der Waals surface area (Å²) < 4.78 is 5.05. The van der Waals surface area contributed by atoms with Gasteiger partial charge in [0, 0.05) is 19.1 Å². The molecule has 0 saturated carbocycles. The molecule has 19 heavy (non-hydrogen) atoms. The number of amides is 1. The molecule has 0 bridgehead atoms. The van der Waals surface area contributed by atoms with Crippen molar-refractivity contribution in [3.63, 3.8) is 0 Å². The second kappa shape index (κ2) is 6.37. The van der Waals surface area contributed by atoms with Crippen molar-refractivity contribution in [2.45, 2.75) is 46.6 Å². The van der Waals surface area contributed by atoms with Crippen LogP contribution in [0.1, 0.15) is 40.5 Å². The molecule has 0 aromatic rings. The lowest BCUT2D eigenvalue weighted by atomic mass is 9.79. The number of carbonyl (C=O) groups is 2. The van der Waals surface area contributed by atoms with Crippen LogP contribution in [0.4, 0.5) is 0 Å². The summed E-state index contributed by atoms with van der Waals surface area (Å²) in [7, 11) is 0. The Bertz CT molecular complexity index is 328. The Kier molecular flexibility index (Phi) is 5.35. The third kappa shape index (κ3) is 4.20.